The van der Waals surface area contributed by atoms with Gasteiger partial charge in [0.2, 0.25) is 0 Å². The molecule has 0 bridgehead atoms. The summed E-state index contributed by atoms with van der Waals surface area (Å²) in [7, 11) is 1.87. The summed E-state index contributed by atoms with van der Waals surface area (Å²) in [6.45, 7) is 3.27. The SMILES string of the molecule is Cn1ccc(-c2cc(-c3nc(C4CCN(C(=O)OC5(C)CC5)CC4)no3)ccn2)n1. The van der Waals surface area contributed by atoms with Crippen LogP contribution in [0.25, 0.3) is 22.8 Å². The van der Waals surface area contributed by atoms with Crippen LogP contribution in [-0.2, 0) is 11.8 Å². The number of carbonyl (C=O) groups is 1. The van der Waals surface area contributed by atoms with Gasteiger partial charge < -0.3 is 14.2 Å². The van der Waals surface area contributed by atoms with Crippen LogP contribution in [0.15, 0.2) is 35.1 Å². The predicted molar refractivity (Wildman–Crippen MR) is 107 cm³/mol. The van der Waals surface area contributed by atoms with Gasteiger partial charge in [-0.25, -0.2) is 4.79 Å². The number of likely N-dealkylation sites (tertiary alicyclic amines) is 1. The van der Waals surface area contributed by atoms with E-state index in [1.807, 2.05) is 38.4 Å². The number of rotatable bonds is 4. The molecule has 1 saturated heterocycles. The Balaban J connectivity index is 1.25. The Labute approximate surface area is 174 Å². The number of pyridine rings is 1. The Kier molecular flexibility index (Phi) is 4.52. The second-order valence-corrected chi connectivity index (χ2v) is 8.34. The van der Waals surface area contributed by atoms with Gasteiger partial charge in [0, 0.05) is 44.0 Å². The molecule has 4 heterocycles. The lowest BCUT2D eigenvalue weighted by Crippen LogP contribution is -2.40. The number of aryl methyl sites for hydroxylation is 1. The Morgan fingerprint density at radius 1 is 1.23 bits per heavy atom. The van der Waals surface area contributed by atoms with Crippen LogP contribution in [-0.4, -0.2) is 54.6 Å². The summed E-state index contributed by atoms with van der Waals surface area (Å²) in [4.78, 5) is 23.1. The number of aromatic nitrogens is 5. The molecule has 1 saturated carbocycles. The molecule has 9 heteroatoms. The lowest BCUT2D eigenvalue weighted by atomic mass is 9.96. The highest BCUT2D eigenvalue weighted by atomic mass is 16.6. The zero-order chi connectivity index (χ0) is 20.7. The monoisotopic (exact) mass is 408 g/mol. The van der Waals surface area contributed by atoms with Crippen LogP contribution in [0.5, 0.6) is 0 Å². The molecule has 0 N–H and O–H groups in total. The lowest BCUT2D eigenvalue weighted by molar-refractivity contribution is 0.0518. The molecule has 30 heavy (non-hydrogen) atoms. The molecule has 3 aromatic heterocycles. The van der Waals surface area contributed by atoms with Crippen LogP contribution < -0.4 is 0 Å². The zero-order valence-corrected chi connectivity index (χ0v) is 17.1. The summed E-state index contributed by atoms with van der Waals surface area (Å²) >= 11 is 0. The minimum absolute atomic E-state index is 0.167. The number of hydrogen-bond donors (Lipinski definition) is 0. The first-order chi connectivity index (χ1) is 14.5. The van der Waals surface area contributed by atoms with Crippen LogP contribution >= 0.6 is 0 Å². The van der Waals surface area contributed by atoms with E-state index in [-0.39, 0.29) is 17.6 Å². The molecule has 9 nitrogen and oxygen atoms in total. The maximum atomic E-state index is 12.3. The first kappa shape index (κ1) is 18.8. The maximum absolute atomic E-state index is 12.3. The van der Waals surface area contributed by atoms with Gasteiger partial charge in [0.1, 0.15) is 11.3 Å². The fourth-order valence-electron chi connectivity index (χ4n) is 3.65. The molecule has 5 rings (SSSR count). The molecule has 156 valence electrons. The van der Waals surface area contributed by atoms with E-state index < -0.39 is 0 Å². The van der Waals surface area contributed by atoms with E-state index in [2.05, 4.69) is 20.2 Å². The van der Waals surface area contributed by atoms with Gasteiger partial charge in [-0.15, -0.1) is 0 Å². The number of hydrogen-bond acceptors (Lipinski definition) is 7. The molecule has 1 aliphatic carbocycles. The smallest absolute Gasteiger partial charge is 0.410 e. The number of nitrogens with zero attached hydrogens (tertiary/aromatic N) is 6. The molecule has 2 fully saturated rings. The van der Waals surface area contributed by atoms with E-state index in [9.17, 15) is 4.79 Å². The average Bonchev–Trinajstić information content (AvgIpc) is 3.13. The minimum atomic E-state index is -0.241. The van der Waals surface area contributed by atoms with E-state index in [1.54, 1.807) is 15.8 Å². The highest BCUT2D eigenvalue weighted by Crippen LogP contribution is 2.39. The standard InChI is InChI=1S/C21H24N6O3/c1-21(7-8-21)29-20(28)27-11-4-14(5-12-27)18-23-19(30-25-18)15-3-9-22-17(13-15)16-6-10-26(2)24-16/h3,6,9-10,13-14H,4-5,7-8,11-12H2,1-2H3. The highest BCUT2D eigenvalue weighted by molar-refractivity contribution is 5.68. The number of piperidine rings is 1. The van der Waals surface area contributed by atoms with Crippen molar-refractivity contribution in [3.8, 4) is 22.8 Å². The van der Waals surface area contributed by atoms with Gasteiger partial charge in [0.25, 0.3) is 5.89 Å². The first-order valence-corrected chi connectivity index (χ1v) is 10.3. The molecule has 2 aliphatic rings. The van der Waals surface area contributed by atoms with Crippen molar-refractivity contribution >= 4 is 6.09 Å². The minimum Gasteiger partial charge on any atom is -0.443 e. The largest absolute Gasteiger partial charge is 0.443 e. The summed E-state index contributed by atoms with van der Waals surface area (Å²) in [5.74, 6) is 1.32. The lowest BCUT2D eigenvalue weighted by Gasteiger charge is -2.30. The zero-order valence-electron chi connectivity index (χ0n) is 17.1. The molecule has 3 aromatic rings. The van der Waals surface area contributed by atoms with Crippen molar-refractivity contribution in [1.82, 2.24) is 29.8 Å². The van der Waals surface area contributed by atoms with Gasteiger partial charge in [0.15, 0.2) is 5.82 Å². The molecule has 0 unspecified atom stereocenters. The molecule has 0 atom stereocenters. The van der Waals surface area contributed by atoms with Crippen molar-refractivity contribution in [2.45, 2.75) is 44.1 Å². The van der Waals surface area contributed by atoms with Gasteiger partial charge in [-0.1, -0.05) is 5.16 Å². The third-order valence-corrected chi connectivity index (χ3v) is 5.83. The van der Waals surface area contributed by atoms with Crippen molar-refractivity contribution in [2.24, 2.45) is 7.05 Å². The first-order valence-electron chi connectivity index (χ1n) is 10.3. The quantitative estimate of drug-likeness (QED) is 0.652. The van der Waals surface area contributed by atoms with Crippen molar-refractivity contribution in [1.29, 1.82) is 0 Å². The maximum Gasteiger partial charge on any atom is 0.410 e. The second kappa shape index (κ2) is 7.23. The van der Waals surface area contributed by atoms with E-state index in [0.717, 1.165) is 42.6 Å². The number of carbonyl (C=O) groups excluding carboxylic acids is 1. The van der Waals surface area contributed by atoms with Crippen LogP contribution in [0, 0.1) is 0 Å². The van der Waals surface area contributed by atoms with Gasteiger partial charge in [-0.3, -0.25) is 9.67 Å². The van der Waals surface area contributed by atoms with Crippen molar-refractivity contribution in [3.63, 3.8) is 0 Å². The van der Waals surface area contributed by atoms with Gasteiger partial charge in [0.05, 0.1) is 5.69 Å². The fourth-order valence-corrected chi connectivity index (χ4v) is 3.65. The molecular formula is C21H24N6O3. The fraction of sp³-hybridized carbons (Fsp3) is 0.476. The Bertz CT molecular complexity index is 1060. The van der Waals surface area contributed by atoms with Crippen LogP contribution in [0.1, 0.15) is 44.3 Å². The molecule has 0 spiro atoms. The third-order valence-electron chi connectivity index (χ3n) is 5.83. The van der Waals surface area contributed by atoms with Crippen LogP contribution in [0.2, 0.25) is 0 Å². The predicted octanol–water partition coefficient (Wildman–Crippen LogP) is 3.40. The van der Waals surface area contributed by atoms with Gasteiger partial charge >= 0.3 is 6.09 Å². The molecular weight excluding hydrogens is 384 g/mol. The highest BCUT2D eigenvalue weighted by Gasteiger charge is 2.43. The summed E-state index contributed by atoms with van der Waals surface area (Å²) in [5, 5.41) is 8.59. The summed E-state index contributed by atoms with van der Waals surface area (Å²) in [5.41, 5.74) is 2.11. The van der Waals surface area contributed by atoms with Crippen LogP contribution in [0.4, 0.5) is 4.79 Å². The average molecular weight is 408 g/mol. The summed E-state index contributed by atoms with van der Waals surface area (Å²) < 4.78 is 12.8. The van der Waals surface area contributed by atoms with Crippen LogP contribution in [0.3, 0.4) is 0 Å². The van der Waals surface area contributed by atoms with Crippen molar-refractivity contribution < 1.29 is 14.1 Å². The van der Waals surface area contributed by atoms with E-state index in [1.165, 1.54) is 0 Å². The van der Waals surface area contributed by atoms with Crippen molar-refractivity contribution in [3.05, 3.63) is 36.4 Å². The van der Waals surface area contributed by atoms with Crippen molar-refractivity contribution in [2.75, 3.05) is 13.1 Å². The van der Waals surface area contributed by atoms with E-state index in [0.29, 0.717) is 24.8 Å². The Hall–Kier alpha value is -3.23. The third kappa shape index (κ3) is 3.79. The Morgan fingerprint density at radius 2 is 2.03 bits per heavy atom. The number of ether oxygens (including phenoxy) is 1. The summed E-state index contributed by atoms with van der Waals surface area (Å²) in [6.07, 6.45) is 6.88. The molecule has 1 aliphatic heterocycles. The Morgan fingerprint density at radius 3 is 2.73 bits per heavy atom. The number of amides is 1. The molecule has 1 amide bonds. The van der Waals surface area contributed by atoms with Gasteiger partial charge in [-0.05, 0) is 50.8 Å². The topological polar surface area (TPSA) is 99.2 Å². The molecule has 0 radical (unpaired) electrons. The molecule has 0 aromatic carbocycles. The van der Waals surface area contributed by atoms with E-state index in [4.69, 9.17) is 9.26 Å². The van der Waals surface area contributed by atoms with Gasteiger partial charge in [-0.2, -0.15) is 10.1 Å². The normalized spacial score (nSPS) is 18.4. The summed E-state index contributed by atoms with van der Waals surface area (Å²) in [6, 6.07) is 5.66. The van der Waals surface area contributed by atoms with E-state index >= 15 is 0 Å². The second-order valence-electron chi connectivity index (χ2n) is 8.34.